The van der Waals surface area contributed by atoms with Gasteiger partial charge in [0.15, 0.2) is 0 Å². The number of nitrogens with two attached hydrogens (primary N) is 1. The third kappa shape index (κ3) is 2.43. The van der Waals surface area contributed by atoms with E-state index in [2.05, 4.69) is 44.2 Å². The average Bonchev–Trinajstić information content (AvgIpc) is 2.27. The number of aryl methyl sites for hydroxylation is 2. The van der Waals surface area contributed by atoms with Crippen LogP contribution in [-0.4, -0.2) is 0 Å². The van der Waals surface area contributed by atoms with Gasteiger partial charge in [0.1, 0.15) is 0 Å². The first kappa shape index (κ1) is 10.7. The predicted molar refractivity (Wildman–Crippen MR) is 69.6 cm³/mol. The van der Waals surface area contributed by atoms with E-state index >= 15 is 0 Å². The molecule has 0 amide bonds. The highest BCUT2D eigenvalue weighted by Crippen LogP contribution is 2.18. The lowest BCUT2D eigenvalue weighted by molar-refractivity contribution is 1.18. The second kappa shape index (κ2) is 4.40. The molecule has 0 aliphatic rings. The Morgan fingerprint density at radius 2 is 1.50 bits per heavy atom. The highest BCUT2D eigenvalue weighted by Gasteiger charge is 2.01. The maximum atomic E-state index is 5.97. The van der Waals surface area contributed by atoms with Crippen LogP contribution in [0.2, 0.25) is 0 Å². The molecule has 2 aromatic carbocycles. The molecule has 0 atom stereocenters. The van der Waals surface area contributed by atoms with Crippen LogP contribution in [0, 0.1) is 13.8 Å². The summed E-state index contributed by atoms with van der Waals surface area (Å²) in [4.78, 5) is 0. The second-order valence-corrected chi connectivity index (χ2v) is 4.36. The fourth-order valence-corrected chi connectivity index (χ4v) is 1.81. The van der Waals surface area contributed by atoms with E-state index < -0.39 is 0 Å². The molecule has 2 N–H and O–H groups in total. The van der Waals surface area contributed by atoms with E-state index in [1.807, 2.05) is 12.1 Å². The molecule has 0 bridgehead atoms. The minimum Gasteiger partial charge on any atom is -0.398 e. The van der Waals surface area contributed by atoms with Crippen LogP contribution >= 0.6 is 0 Å². The smallest absolute Gasteiger partial charge is 0.0350 e. The highest BCUT2D eigenvalue weighted by atomic mass is 14.6. The zero-order valence-electron chi connectivity index (χ0n) is 9.83. The first-order chi connectivity index (χ1) is 7.65. The van der Waals surface area contributed by atoms with Crippen molar-refractivity contribution in [2.45, 2.75) is 20.3 Å². The first-order valence-electron chi connectivity index (χ1n) is 5.56. The summed E-state index contributed by atoms with van der Waals surface area (Å²) in [5, 5.41) is 0. The van der Waals surface area contributed by atoms with E-state index in [-0.39, 0.29) is 0 Å². The lowest BCUT2D eigenvalue weighted by Crippen LogP contribution is -1.96. The number of hydrogen-bond donors (Lipinski definition) is 1. The number of benzene rings is 2. The van der Waals surface area contributed by atoms with E-state index in [9.17, 15) is 0 Å². The van der Waals surface area contributed by atoms with Crippen LogP contribution in [0.4, 0.5) is 5.69 Å². The zero-order chi connectivity index (χ0) is 11.5. The maximum Gasteiger partial charge on any atom is 0.0350 e. The van der Waals surface area contributed by atoms with Gasteiger partial charge in [-0.05, 0) is 37.5 Å². The molecular formula is C15H17N. The molecule has 0 aliphatic carbocycles. The number of rotatable bonds is 2. The number of anilines is 1. The van der Waals surface area contributed by atoms with Gasteiger partial charge in [-0.15, -0.1) is 0 Å². The molecule has 1 heteroatoms. The summed E-state index contributed by atoms with van der Waals surface area (Å²) in [5.41, 5.74) is 11.9. The Morgan fingerprint density at radius 1 is 0.875 bits per heavy atom. The highest BCUT2D eigenvalue weighted by molar-refractivity contribution is 5.50. The minimum atomic E-state index is 0.881. The summed E-state index contributed by atoms with van der Waals surface area (Å²) in [6, 6.07) is 14.8. The number of nitrogen functional groups attached to an aromatic ring is 1. The van der Waals surface area contributed by atoms with E-state index in [0.717, 1.165) is 12.1 Å². The molecule has 0 spiro atoms. The summed E-state index contributed by atoms with van der Waals surface area (Å²) < 4.78 is 0. The van der Waals surface area contributed by atoms with Gasteiger partial charge in [0.2, 0.25) is 0 Å². The maximum absolute atomic E-state index is 5.97. The van der Waals surface area contributed by atoms with Crippen molar-refractivity contribution in [3.63, 3.8) is 0 Å². The Balaban J connectivity index is 2.26. The lowest BCUT2D eigenvalue weighted by atomic mass is 10.0. The quantitative estimate of drug-likeness (QED) is 0.756. The van der Waals surface area contributed by atoms with Gasteiger partial charge in [-0.25, -0.2) is 0 Å². The molecule has 0 heterocycles. The lowest BCUT2D eigenvalue weighted by Gasteiger charge is -2.07. The second-order valence-electron chi connectivity index (χ2n) is 4.36. The third-order valence-electron chi connectivity index (χ3n) is 2.81. The SMILES string of the molecule is Cc1ccc(Cc2cc(C)ccc2N)cc1. The van der Waals surface area contributed by atoms with Crippen molar-refractivity contribution < 1.29 is 0 Å². The zero-order valence-corrected chi connectivity index (χ0v) is 9.83. The van der Waals surface area contributed by atoms with E-state index in [1.54, 1.807) is 0 Å². The normalized spacial score (nSPS) is 10.4. The molecule has 1 nitrogen and oxygen atoms in total. The van der Waals surface area contributed by atoms with Crippen molar-refractivity contribution in [2.24, 2.45) is 0 Å². The Hall–Kier alpha value is -1.76. The van der Waals surface area contributed by atoms with Crippen LogP contribution in [0.15, 0.2) is 42.5 Å². The van der Waals surface area contributed by atoms with Gasteiger partial charge in [0, 0.05) is 5.69 Å². The molecule has 0 aromatic heterocycles. The van der Waals surface area contributed by atoms with Gasteiger partial charge in [-0.2, -0.15) is 0 Å². The minimum absolute atomic E-state index is 0.881. The Bertz CT molecular complexity index is 483. The standard InChI is InChI=1S/C15H17N/c1-11-3-6-13(7-4-11)10-14-9-12(2)5-8-15(14)16/h3-9H,10,16H2,1-2H3. The van der Waals surface area contributed by atoms with Crippen molar-refractivity contribution in [1.82, 2.24) is 0 Å². The van der Waals surface area contributed by atoms with Crippen molar-refractivity contribution in [3.05, 3.63) is 64.7 Å². The summed E-state index contributed by atoms with van der Waals surface area (Å²) in [6.07, 6.45) is 0.911. The van der Waals surface area contributed by atoms with Crippen LogP contribution in [0.25, 0.3) is 0 Å². The van der Waals surface area contributed by atoms with E-state index in [1.165, 1.54) is 22.3 Å². The molecule has 16 heavy (non-hydrogen) atoms. The summed E-state index contributed by atoms with van der Waals surface area (Å²) in [7, 11) is 0. The predicted octanol–water partition coefficient (Wildman–Crippen LogP) is 3.48. The van der Waals surface area contributed by atoms with E-state index in [0.29, 0.717) is 0 Å². The van der Waals surface area contributed by atoms with Crippen LogP contribution in [-0.2, 0) is 6.42 Å². The molecule has 0 fully saturated rings. The summed E-state index contributed by atoms with van der Waals surface area (Å²) >= 11 is 0. The summed E-state index contributed by atoms with van der Waals surface area (Å²) in [5.74, 6) is 0. The van der Waals surface area contributed by atoms with Gasteiger partial charge in [0.05, 0.1) is 0 Å². The fraction of sp³-hybridized carbons (Fsp3) is 0.200. The monoisotopic (exact) mass is 211 g/mol. The fourth-order valence-electron chi connectivity index (χ4n) is 1.81. The first-order valence-corrected chi connectivity index (χ1v) is 5.56. The average molecular weight is 211 g/mol. The van der Waals surface area contributed by atoms with Crippen LogP contribution in [0.1, 0.15) is 22.3 Å². The molecule has 0 saturated heterocycles. The van der Waals surface area contributed by atoms with Crippen LogP contribution in [0.5, 0.6) is 0 Å². The van der Waals surface area contributed by atoms with Crippen LogP contribution < -0.4 is 5.73 Å². The Kier molecular flexibility index (Phi) is 2.95. The molecule has 0 unspecified atom stereocenters. The van der Waals surface area contributed by atoms with Crippen molar-refractivity contribution in [2.75, 3.05) is 5.73 Å². The molecule has 2 rings (SSSR count). The van der Waals surface area contributed by atoms with Crippen molar-refractivity contribution in [1.29, 1.82) is 0 Å². The van der Waals surface area contributed by atoms with Gasteiger partial charge in [0.25, 0.3) is 0 Å². The third-order valence-corrected chi connectivity index (χ3v) is 2.81. The van der Waals surface area contributed by atoms with E-state index in [4.69, 9.17) is 5.73 Å². The van der Waals surface area contributed by atoms with Gasteiger partial charge in [-0.1, -0.05) is 47.5 Å². The van der Waals surface area contributed by atoms with Crippen molar-refractivity contribution >= 4 is 5.69 Å². The van der Waals surface area contributed by atoms with Crippen LogP contribution in [0.3, 0.4) is 0 Å². The van der Waals surface area contributed by atoms with Gasteiger partial charge >= 0.3 is 0 Å². The Morgan fingerprint density at radius 3 is 2.19 bits per heavy atom. The van der Waals surface area contributed by atoms with Gasteiger partial charge in [-0.3, -0.25) is 0 Å². The number of hydrogen-bond acceptors (Lipinski definition) is 1. The molecule has 2 aromatic rings. The topological polar surface area (TPSA) is 26.0 Å². The van der Waals surface area contributed by atoms with Crippen molar-refractivity contribution in [3.8, 4) is 0 Å². The molecule has 0 saturated carbocycles. The molecule has 82 valence electrons. The Labute approximate surface area is 96.9 Å². The molecule has 0 aliphatic heterocycles. The largest absolute Gasteiger partial charge is 0.398 e. The van der Waals surface area contributed by atoms with Gasteiger partial charge < -0.3 is 5.73 Å². The molecule has 0 radical (unpaired) electrons. The molecular weight excluding hydrogens is 194 g/mol. The summed E-state index contributed by atoms with van der Waals surface area (Å²) in [6.45, 7) is 4.20.